The molecule has 2 rings (SSSR count). The van der Waals surface area contributed by atoms with Crippen LogP contribution < -0.4 is 22.5 Å². The number of rotatable bonds is 5. The molecule has 108 valence electrons. The van der Waals surface area contributed by atoms with Crippen LogP contribution >= 0.6 is 0 Å². The van der Waals surface area contributed by atoms with Crippen molar-refractivity contribution >= 4 is 10.9 Å². The van der Waals surface area contributed by atoms with E-state index in [2.05, 4.69) is 25.7 Å². The fraction of sp³-hybridized carbons (Fsp3) is 0.333. The molecule has 0 unspecified atom stereocenters. The molecule has 2 aromatic rings. The third-order valence-corrected chi connectivity index (χ3v) is 3.30. The summed E-state index contributed by atoms with van der Waals surface area (Å²) in [5, 5.41) is 0.680. The van der Waals surface area contributed by atoms with E-state index in [1.165, 1.54) is 0 Å². The molecule has 1 heterocycles. The van der Waals surface area contributed by atoms with E-state index in [0.29, 0.717) is 11.9 Å². The van der Waals surface area contributed by atoms with Gasteiger partial charge in [-0.15, -0.1) is 0 Å². The van der Waals surface area contributed by atoms with Crippen LogP contribution in [0.25, 0.3) is 10.9 Å². The lowest BCUT2D eigenvalue weighted by Gasteiger charge is -2.28. The Morgan fingerprint density at radius 2 is 2.05 bits per heavy atom. The Hall–Kier alpha value is -1.46. The molecule has 1 aromatic heterocycles. The molecule has 1 aromatic carbocycles. The van der Waals surface area contributed by atoms with Gasteiger partial charge in [0.15, 0.2) is 0 Å². The van der Waals surface area contributed by atoms with Crippen molar-refractivity contribution in [3.63, 3.8) is 0 Å². The van der Waals surface area contributed by atoms with Crippen molar-refractivity contribution in [2.75, 3.05) is 27.2 Å². The zero-order valence-electron chi connectivity index (χ0n) is 11.9. The predicted molar refractivity (Wildman–Crippen MR) is 78.0 cm³/mol. The zero-order valence-corrected chi connectivity index (χ0v) is 13.5. The van der Waals surface area contributed by atoms with E-state index < -0.39 is 0 Å². The number of likely N-dealkylation sites (N-methyl/N-ethyl adjacent to an activating group) is 1. The smallest absolute Gasteiger partial charge is 0.261 e. The van der Waals surface area contributed by atoms with Crippen LogP contribution in [-0.4, -0.2) is 41.2 Å². The van der Waals surface area contributed by atoms with Crippen LogP contribution in [0.5, 0.6) is 0 Å². The minimum atomic E-state index is 0. The Kier molecular flexibility index (Phi) is 5.65. The maximum Gasteiger partial charge on any atom is 0.261 e. The molecule has 0 N–H and O–H groups in total. The van der Waals surface area contributed by atoms with Gasteiger partial charge >= 0.3 is 0 Å². The summed E-state index contributed by atoms with van der Waals surface area (Å²) in [5.41, 5.74) is 0.785. The maximum absolute atomic E-state index is 12.3. The fourth-order valence-electron chi connectivity index (χ4n) is 2.08. The van der Waals surface area contributed by atoms with Gasteiger partial charge in [0, 0.05) is 0 Å². The first kappa shape index (κ1) is 16.6. The van der Waals surface area contributed by atoms with Crippen LogP contribution in [0.1, 0.15) is 0 Å². The van der Waals surface area contributed by atoms with Gasteiger partial charge in [0.25, 0.3) is 5.56 Å². The first-order valence-corrected chi connectivity index (χ1v) is 6.40. The SMILES string of the molecule is C=CC[N+](C)(C)CCn1cnc2ccccc2c1=O.[Br-]. The van der Waals surface area contributed by atoms with Crippen molar-refractivity contribution < 1.29 is 21.5 Å². The molecule has 0 atom stereocenters. The fourth-order valence-corrected chi connectivity index (χ4v) is 2.08. The Morgan fingerprint density at radius 1 is 1.35 bits per heavy atom. The number of aromatic nitrogens is 2. The van der Waals surface area contributed by atoms with Gasteiger partial charge in [-0.25, -0.2) is 4.98 Å². The number of quaternary nitrogens is 1. The lowest BCUT2D eigenvalue weighted by molar-refractivity contribution is -0.885. The maximum atomic E-state index is 12.3. The Balaban J connectivity index is 0.00000200. The first-order chi connectivity index (χ1) is 9.03. The van der Waals surface area contributed by atoms with E-state index >= 15 is 0 Å². The van der Waals surface area contributed by atoms with Gasteiger partial charge in [0.05, 0.1) is 51.0 Å². The topological polar surface area (TPSA) is 34.9 Å². The highest BCUT2D eigenvalue weighted by atomic mass is 79.9. The van der Waals surface area contributed by atoms with E-state index in [9.17, 15) is 4.79 Å². The van der Waals surface area contributed by atoms with Gasteiger partial charge in [0.1, 0.15) is 0 Å². The van der Waals surface area contributed by atoms with Crippen LogP contribution in [0.2, 0.25) is 0 Å². The molecule has 0 spiro atoms. The van der Waals surface area contributed by atoms with Gasteiger partial charge < -0.3 is 21.5 Å². The summed E-state index contributed by atoms with van der Waals surface area (Å²) in [4.78, 5) is 16.6. The Labute approximate surface area is 129 Å². The van der Waals surface area contributed by atoms with Crippen molar-refractivity contribution in [2.24, 2.45) is 0 Å². The third-order valence-electron chi connectivity index (χ3n) is 3.30. The van der Waals surface area contributed by atoms with Gasteiger partial charge in [-0.2, -0.15) is 0 Å². The molecule has 0 bridgehead atoms. The summed E-state index contributed by atoms with van der Waals surface area (Å²) >= 11 is 0. The molecule has 5 heteroatoms. The number of halogens is 1. The first-order valence-electron chi connectivity index (χ1n) is 6.40. The van der Waals surface area contributed by atoms with Crippen LogP contribution in [0, 0.1) is 0 Å². The number of para-hydroxylation sites is 1. The lowest BCUT2D eigenvalue weighted by Crippen LogP contribution is -3.00. The summed E-state index contributed by atoms with van der Waals surface area (Å²) in [5.74, 6) is 0. The third kappa shape index (κ3) is 3.77. The second kappa shape index (κ2) is 6.81. The number of nitrogens with zero attached hydrogens (tertiary/aromatic N) is 3. The van der Waals surface area contributed by atoms with E-state index in [0.717, 1.165) is 23.1 Å². The summed E-state index contributed by atoms with van der Waals surface area (Å²) in [6.45, 7) is 6.18. The quantitative estimate of drug-likeness (QED) is 0.500. The summed E-state index contributed by atoms with van der Waals surface area (Å²) in [7, 11) is 4.25. The highest BCUT2D eigenvalue weighted by Gasteiger charge is 2.13. The molecule has 20 heavy (non-hydrogen) atoms. The number of fused-ring (bicyclic) bond motifs is 1. The Bertz CT molecular complexity index is 649. The largest absolute Gasteiger partial charge is 1.00 e. The summed E-state index contributed by atoms with van der Waals surface area (Å²) < 4.78 is 2.49. The molecular weight excluding hydrogens is 318 g/mol. The molecule has 0 amide bonds. The summed E-state index contributed by atoms with van der Waals surface area (Å²) in [6.07, 6.45) is 3.54. The monoisotopic (exact) mass is 337 g/mol. The van der Waals surface area contributed by atoms with Crippen LogP contribution in [0.3, 0.4) is 0 Å². The van der Waals surface area contributed by atoms with Crippen molar-refractivity contribution in [1.82, 2.24) is 9.55 Å². The number of hydrogen-bond donors (Lipinski definition) is 0. The standard InChI is InChI=1S/C15H20N3O.BrH/c1-4-10-18(2,3)11-9-17-12-16-14-8-6-5-7-13(14)15(17)19;/h4-8,12H,1,9-11H2,2-3H3;1H/q+1;/p-1. The molecule has 0 radical (unpaired) electrons. The molecule has 0 aliphatic carbocycles. The average Bonchev–Trinajstić information content (AvgIpc) is 2.38. The van der Waals surface area contributed by atoms with Crippen LogP contribution in [-0.2, 0) is 6.54 Å². The molecule has 4 nitrogen and oxygen atoms in total. The number of benzene rings is 1. The molecular formula is C15H20BrN3O. The lowest BCUT2D eigenvalue weighted by atomic mass is 10.2. The van der Waals surface area contributed by atoms with Crippen molar-refractivity contribution in [3.05, 3.63) is 53.6 Å². The van der Waals surface area contributed by atoms with Crippen LogP contribution in [0.15, 0.2) is 48.0 Å². The van der Waals surface area contributed by atoms with Crippen molar-refractivity contribution in [3.8, 4) is 0 Å². The molecule has 0 fully saturated rings. The van der Waals surface area contributed by atoms with E-state index in [-0.39, 0.29) is 22.5 Å². The second-order valence-electron chi connectivity index (χ2n) is 5.39. The number of hydrogen-bond acceptors (Lipinski definition) is 2. The van der Waals surface area contributed by atoms with Gasteiger partial charge in [-0.3, -0.25) is 9.36 Å². The molecule has 0 aliphatic rings. The Morgan fingerprint density at radius 3 is 2.75 bits per heavy atom. The predicted octanol–water partition coefficient (Wildman–Crippen LogP) is -1.34. The van der Waals surface area contributed by atoms with Gasteiger partial charge in [0.2, 0.25) is 0 Å². The van der Waals surface area contributed by atoms with Gasteiger partial charge in [-0.05, 0) is 18.2 Å². The summed E-state index contributed by atoms with van der Waals surface area (Å²) in [6, 6.07) is 7.44. The van der Waals surface area contributed by atoms with Crippen LogP contribution in [0.4, 0.5) is 0 Å². The van der Waals surface area contributed by atoms with E-state index in [1.807, 2.05) is 30.3 Å². The zero-order chi connectivity index (χ0) is 13.9. The van der Waals surface area contributed by atoms with E-state index in [1.54, 1.807) is 10.9 Å². The minimum Gasteiger partial charge on any atom is -1.00 e. The average molecular weight is 338 g/mol. The normalized spacial score (nSPS) is 11.1. The van der Waals surface area contributed by atoms with E-state index in [4.69, 9.17) is 0 Å². The highest BCUT2D eigenvalue weighted by molar-refractivity contribution is 5.76. The molecule has 0 saturated carbocycles. The van der Waals surface area contributed by atoms with Gasteiger partial charge in [-0.1, -0.05) is 18.7 Å². The van der Waals surface area contributed by atoms with Crippen molar-refractivity contribution in [1.29, 1.82) is 0 Å². The minimum absolute atomic E-state index is 0. The highest BCUT2D eigenvalue weighted by Crippen LogP contribution is 2.05. The second-order valence-corrected chi connectivity index (χ2v) is 5.39. The van der Waals surface area contributed by atoms with Crippen molar-refractivity contribution in [2.45, 2.75) is 6.54 Å². The molecule has 0 saturated heterocycles. The molecule has 0 aliphatic heterocycles.